The predicted molar refractivity (Wildman–Crippen MR) is 119 cm³/mol. The van der Waals surface area contributed by atoms with E-state index in [-0.39, 0.29) is 0 Å². The summed E-state index contributed by atoms with van der Waals surface area (Å²) in [5, 5.41) is 8.33. The molecule has 0 saturated carbocycles. The normalized spacial score (nSPS) is 11.4. The molecule has 0 aliphatic rings. The number of pyridine rings is 3. The zero-order valence-corrected chi connectivity index (χ0v) is 16.3. The lowest BCUT2D eigenvalue weighted by Gasteiger charge is -2.01. The van der Waals surface area contributed by atoms with E-state index < -0.39 is 0 Å². The number of nitrogens with two attached hydrogens (primary N) is 1. The minimum absolute atomic E-state index is 0.625. The van der Waals surface area contributed by atoms with Crippen LogP contribution in [0.5, 0.6) is 0 Å². The van der Waals surface area contributed by atoms with Crippen LogP contribution in [-0.2, 0) is 0 Å². The molecular formula is C23H17N8+. The third kappa shape index (κ3) is 2.89. The Bertz CT molecular complexity index is 1550. The van der Waals surface area contributed by atoms with Gasteiger partial charge in [-0.25, -0.2) is 15.0 Å². The lowest BCUT2D eigenvalue weighted by Crippen LogP contribution is -2.02. The quantitative estimate of drug-likeness (QED) is 0.415. The Hall–Kier alpha value is -4.59. The zero-order chi connectivity index (χ0) is 20.8. The van der Waals surface area contributed by atoms with Crippen molar-refractivity contribution in [1.82, 2.24) is 30.1 Å². The van der Waals surface area contributed by atoms with Crippen LogP contribution in [0, 0.1) is 0 Å². The van der Waals surface area contributed by atoms with Gasteiger partial charge in [0.1, 0.15) is 5.69 Å². The van der Waals surface area contributed by atoms with Gasteiger partial charge in [-0.2, -0.15) is 5.10 Å². The number of anilines is 1. The molecule has 0 aliphatic heterocycles. The monoisotopic (exact) mass is 405 g/mol. The number of benzene rings is 1. The van der Waals surface area contributed by atoms with E-state index in [0.29, 0.717) is 17.2 Å². The first-order valence-electron chi connectivity index (χ1n) is 9.77. The lowest BCUT2D eigenvalue weighted by atomic mass is 10.1. The number of hydrogen-bond donors (Lipinski definition) is 3. The molecule has 0 spiro atoms. The Labute approximate surface area is 176 Å². The fourth-order valence-electron chi connectivity index (χ4n) is 3.80. The van der Waals surface area contributed by atoms with Gasteiger partial charge in [-0.1, -0.05) is 18.2 Å². The van der Waals surface area contributed by atoms with Crippen LogP contribution in [0.1, 0.15) is 0 Å². The molecule has 0 unspecified atom stereocenters. The molecule has 148 valence electrons. The summed E-state index contributed by atoms with van der Waals surface area (Å²) in [6.07, 6.45) is 9.02. The highest BCUT2D eigenvalue weighted by Crippen LogP contribution is 2.32. The smallest absolute Gasteiger partial charge is 0.190 e. The summed E-state index contributed by atoms with van der Waals surface area (Å²) in [5.74, 6) is 0.701. The van der Waals surface area contributed by atoms with Crippen LogP contribution in [0.4, 0.5) is 5.69 Å². The predicted octanol–water partition coefficient (Wildman–Crippen LogP) is 3.63. The highest BCUT2D eigenvalue weighted by atomic mass is 15.2. The van der Waals surface area contributed by atoms with E-state index >= 15 is 0 Å². The maximum atomic E-state index is 5.93. The summed E-state index contributed by atoms with van der Waals surface area (Å²) in [6.45, 7) is 0. The highest BCUT2D eigenvalue weighted by molar-refractivity contribution is 5.97. The number of nitrogens with zero attached hydrogens (tertiary/aromatic N) is 4. The van der Waals surface area contributed by atoms with Crippen molar-refractivity contribution in [2.45, 2.75) is 0 Å². The molecule has 6 rings (SSSR count). The number of hydrogen-bond acceptors (Lipinski definition) is 5. The Morgan fingerprint density at radius 2 is 1.90 bits per heavy atom. The molecule has 0 radical (unpaired) electrons. The summed E-state index contributed by atoms with van der Waals surface area (Å²) in [5.41, 5.74) is 13.7. The first-order valence-corrected chi connectivity index (χ1v) is 9.77. The van der Waals surface area contributed by atoms with Gasteiger partial charge in [0.2, 0.25) is 0 Å². The van der Waals surface area contributed by atoms with Crippen LogP contribution in [-0.4, -0.2) is 30.1 Å². The Balaban J connectivity index is 1.51. The molecule has 5 heterocycles. The fraction of sp³-hybridized carbons (Fsp3) is 0. The number of aromatic nitrogens is 7. The van der Waals surface area contributed by atoms with E-state index in [4.69, 9.17) is 10.7 Å². The third-order valence-electron chi connectivity index (χ3n) is 5.28. The number of fused-ring (bicyclic) bond motifs is 2. The molecule has 8 heteroatoms. The molecule has 6 aromatic rings. The number of nitrogens with one attached hydrogen (secondary N) is 3. The van der Waals surface area contributed by atoms with Gasteiger partial charge in [-0.3, -0.25) is 10.1 Å². The largest absolute Gasteiger partial charge is 0.394 e. The van der Waals surface area contributed by atoms with E-state index in [1.807, 2.05) is 54.9 Å². The highest BCUT2D eigenvalue weighted by Gasteiger charge is 2.16. The van der Waals surface area contributed by atoms with Crippen molar-refractivity contribution in [1.29, 1.82) is 0 Å². The molecule has 5 aromatic heterocycles. The van der Waals surface area contributed by atoms with Gasteiger partial charge in [0.05, 0.1) is 22.1 Å². The molecule has 5 N–H and O–H groups in total. The van der Waals surface area contributed by atoms with E-state index in [2.05, 4.69) is 30.1 Å². The van der Waals surface area contributed by atoms with Crippen molar-refractivity contribution in [3.05, 3.63) is 73.4 Å². The van der Waals surface area contributed by atoms with Gasteiger partial charge in [-0.05, 0) is 24.3 Å². The van der Waals surface area contributed by atoms with Gasteiger partial charge in [0.25, 0.3) is 0 Å². The molecule has 0 amide bonds. The minimum Gasteiger partial charge on any atom is -0.394 e. The molecule has 0 fully saturated rings. The number of para-hydroxylation sites is 1. The average Bonchev–Trinajstić information content (AvgIpc) is 3.43. The van der Waals surface area contributed by atoms with Gasteiger partial charge in [0, 0.05) is 40.8 Å². The molecule has 8 nitrogen and oxygen atoms in total. The molecule has 0 saturated heterocycles. The Morgan fingerprint density at radius 3 is 2.77 bits per heavy atom. The van der Waals surface area contributed by atoms with Crippen LogP contribution in [0.3, 0.4) is 0 Å². The fourth-order valence-corrected chi connectivity index (χ4v) is 3.80. The maximum absolute atomic E-state index is 5.93. The number of aromatic amines is 3. The molecule has 1 aromatic carbocycles. The van der Waals surface area contributed by atoms with Crippen LogP contribution in [0.2, 0.25) is 0 Å². The van der Waals surface area contributed by atoms with Crippen molar-refractivity contribution < 1.29 is 4.98 Å². The zero-order valence-electron chi connectivity index (χ0n) is 16.3. The van der Waals surface area contributed by atoms with Crippen LogP contribution >= 0.6 is 0 Å². The van der Waals surface area contributed by atoms with Crippen molar-refractivity contribution >= 4 is 27.8 Å². The minimum atomic E-state index is 0.625. The number of H-pyrrole nitrogens is 3. The Kier molecular flexibility index (Phi) is 3.76. The second-order valence-electron chi connectivity index (χ2n) is 7.28. The number of imidazole rings is 1. The van der Waals surface area contributed by atoms with E-state index in [0.717, 1.165) is 44.4 Å². The van der Waals surface area contributed by atoms with Crippen molar-refractivity contribution in [3.8, 4) is 33.8 Å². The van der Waals surface area contributed by atoms with Crippen molar-refractivity contribution in [2.75, 3.05) is 5.73 Å². The van der Waals surface area contributed by atoms with E-state index in [1.54, 1.807) is 18.6 Å². The first-order chi connectivity index (χ1) is 15.3. The molecular weight excluding hydrogens is 388 g/mol. The third-order valence-corrected chi connectivity index (χ3v) is 5.28. The lowest BCUT2D eigenvalue weighted by molar-refractivity contribution is -0.376. The molecule has 0 atom stereocenters. The molecule has 31 heavy (non-hydrogen) atoms. The van der Waals surface area contributed by atoms with Gasteiger partial charge < -0.3 is 10.7 Å². The van der Waals surface area contributed by atoms with Crippen LogP contribution < -0.4 is 10.7 Å². The number of rotatable bonds is 3. The van der Waals surface area contributed by atoms with Gasteiger partial charge >= 0.3 is 0 Å². The standard InChI is InChI=1S/C23H16N8/c24-16-7-14(10-26-12-16)15-8-18-21(30-31-22(18)27-11-15)23-28-19-5-1-4-17(20(19)29-23)13-3-2-6-25-9-13/h1-12H,24H2,(H,28,29)(H,27,30,31)/p+1. The first kappa shape index (κ1) is 17.3. The summed E-state index contributed by atoms with van der Waals surface area (Å²) in [4.78, 5) is 20.1. The molecule has 0 aliphatic carbocycles. The topological polar surface area (TPSA) is 123 Å². The average molecular weight is 405 g/mol. The summed E-state index contributed by atoms with van der Waals surface area (Å²) in [6, 6.07) is 14.0. The SMILES string of the molecule is Nc1c[nH+]cc(-c2cnc3n[nH]c(-c4nc5c(-c6cccnc6)cccc5[nH]4)c3c2)c1. The van der Waals surface area contributed by atoms with Crippen molar-refractivity contribution in [3.63, 3.8) is 0 Å². The van der Waals surface area contributed by atoms with Gasteiger partial charge in [-0.15, -0.1) is 0 Å². The summed E-state index contributed by atoms with van der Waals surface area (Å²) < 4.78 is 0. The Morgan fingerprint density at radius 1 is 0.935 bits per heavy atom. The van der Waals surface area contributed by atoms with Crippen LogP contribution in [0.15, 0.2) is 73.4 Å². The maximum Gasteiger partial charge on any atom is 0.190 e. The number of nitrogen functional groups attached to an aromatic ring is 1. The van der Waals surface area contributed by atoms with Crippen molar-refractivity contribution in [2.24, 2.45) is 0 Å². The van der Waals surface area contributed by atoms with E-state index in [1.165, 1.54) is 0 Å². The van der Waals surface area contributed by atoms with Crippen LogP contribution in [0.25, 0.3) is 55.8 Å². The molecule has 0 bridgehead atoms. The van der Waals surface area contributed by atoms with Gasteiger partial charge in [0.15, 0.2) is 23.9 Å². The second-order valence-corrected chi connectivity index (χ2v) is 7.28. The summed E-state index contributed by atoms with van der Waals surface area (Å²) in [7, 11) is 0. The second kappa shape index (κ2) is 6.74. The summed E-state index contributed by atoms with van der Waals surface area (Å²) >= 11 is 0. The van der Waals surface area contributed by atoms with E-state index in [9.17, 15) is 0 Å².